The van der Waals surface area contributed by atoms with Crippen molar-refractivity contribution < 1.29 is 4.79 Å². The zero-order valence-corrected chi connectivity index (χ0v) is 15.6. The normalized spacial score (nSPS) is 12.0. The van der Waals surface area contributed by atoms with Crippen molar-refractivity contribution in [3.8, 4) is 0 Å². The van der Waals surface area contributed by atoms with Crippen molar-refractivity contribution >= 4 is 16.7 Å². The fraction of sp³-hybridized carbons (Fsp3) is 0.182. The molecule has 4 rings (SSSR count). The van der Waals surface area contributed by atoms with Crippen molar-refractivity contribution in [1.82, 2.24) is 25.3 Å². The lowest BCUT2D eigenvalue weighted by atomic mass is 10.0. The highest BCUT2D eigenvalue weighted by atomic mass is 16.2. The Labute approximate surface area is 163 Å². The summed E-state index contributed by atoms with van der Waals surface area (Å²) < 4.78 is 1.70. The summed E-state index contributed by atoms with van der Waals surface area (Å²) in [4.78, 5) is 16.6. The van der Waals surface area contributed by atoms with E-state index in [1.807, 2.05) is 37.3 Å². The minimum absolute atomic E-state index is 0.0845. The molecule has 2 aromatic heterocycles. The molecule has 0 spiro atoms. The average Bonchev–Trinajstić information content (AvgIpc) is 3.21. The molecule has 6 nitrogen and oxygen atoms in total. The van der Waals surface area contributed by atoms with Crippen LogP contribution >= 0.6 is 0 Å². The Morgan fingerprint density at radius 3 is 2.68 bits per heavy atom. The molecule has 1 amide bonds. The summed E-state index contributed by atoms with van der Waals surface area (Å²) >= 11 is 0. The van der Waals surface area contributed by atoms with E-state index in [0.717, 1.165) is 17.5 Å². The van der Waals surface area contributed by atoms with Gasteiger partial charge in [-0.25, -0.2) is 4.68 Å². The molecule has 0 bridgehead atoms. The predicted octanol–water partition coefficient (Wildman–Crippen LogP) is 3.76. The van der Waals surface area contributed by atoms with Crippen LogP contribution in [0.25, 0.3) is 10.8 Å². The highest BCUT2D eigenvalue weighted by molar-refractivity contribution is 5.92. The van der Waals surface area contributed by atoms with E-state index < -0.39 is 0 Å². The number of nitrogens with one attached hydrogen (secondary N) is 1. The van der Waals surface area contributed by atoms with Crippen LogP contribution in [0.3, 0.4) is 0 Å². The van der Waals surface area contributed by atoms with Crippen molar-refractivity contribution in [2.75, 3.05) is 0 Å². The summed E-state index contributed by atoms with van der Waals surface area (Å²) in [5.74, 6) is -0.229. The summed E-state index contributed by atoms with van der Waals surface area (Å²) in [6.07, 6.45) is 5.92. The van der Waals surface area contributed by atoms with Crippen LogP contribution in [0, 0.1) is 0 Å². The van der Waals surface area contributed by atoms with Gasteiger partial charge in [-0.1, -0.05) is 54.6 Å². The molecule has 1 atom stereocenters. The fourth-order valence-corrected chi connectivity index (χ4v) is 3.33. The quantitative estimate of drug-likeness (QED) is 0.560. The van der Waals surface area contributed by atoms with E-state index in [2.05, 4.69) is 44.9 Å². The first-order valence-electron chi connectivity index (χ1n) is 9.32. The summed E-state index contributed by atoms with van der Waals surface area (Å²) in [6, 6.07) is 18.1. The molecule has 0 aliphatic carbocycles. The average molecular weight is 371 g/mol. The fourth-order valence-electron chi connectivity index (χ4n) is 3.33. The number of carbonyl (C=O) groups excluding carboxylic acids is 1. The smallest absolute Gasteiger partial charge is 0.273 e. The van der Waals surface area contributed by atoms with E-state index in [0.29, 0.717) is 12.2 Å². The van der Waals surface area contributed by atoms with Gasteiger partial charge in [0.25, 0.3) is 5.91 Å². The molecule has 0 fully saturated rings. The van der Waals surface area contributed by atoms with Crippen molar-refractivity contribution in [1.29, 1.82) is 0 Å². The first-order valence-corrected chi connectivity index (χ1v) is 9.32. The molecule has 0 saturated heterocycles. The van der Waals surface area contributed by atoms with Gasteiger partial charge in [0, 0.05) is 12.4 Å². The maximum atomic E-state index is 12.6. The number of carbonyl (C=O) groups is 1. The predicted molar refractivity (Wildman–Crippen MR) is 108 cm³/mol. The Kier molecular flexibility index (Phi) is 5.10. The molecular formula is C22H21N5O. The maximum absolute atomic E-state index is 12.6. The van der Waals surface area contributed by atoms with Crippen LogP contribution in [0.4, 0.5) is 0 Å². The Balaban J connectivity index is 1.50. The van der Waals surface area contributed by atoms with E-state index >= 15 is 0 Å². The molecule has 2 aromatic carbocycles. The van der Waals surface area contributed by atoms with Crippen LogP contribution in [-0.2, 0) is 6.54 Å². The number of amides is 1. The number of benzene rings is 2. The standard InChI is InChI=1S/C22H21N5O/c1-2-20(17-10-12-23-13-11-17)24-22(28)21-15-27(26-25-21)14-18-8-5-7-16-6-3-4-9-19(16)18/h3-13,15,20H,2,14H2,1H3,(H,24,28)/t20-/m1/s1. The van der Waals surface area contributed by atoms with Gasteiger partial charge in [0.1, 0.15) is 0 Å². The third kappa shape index (κ3) is 3.76. The van der Waals surface area contributed by atoms with Gasteiger partial charge in [0.2, 0.25) is 0 Å². The van der Waals surface area contributed by atoms with Crippen molar-refractivity contribution in [2.24, 2.45) is 0 Å². The van der Waals surface area contributed by atoms with Gasteiger partial charge in [0.15, 0.2) is 5.69 Å². The maximum Gasteiger partial charge on any atom is 0.273 e. The SMILES string of the molecule is CC[C@@H](NC(=O)c1cn(Cc2cccc3ccccc23)nn1)c1ccncc1. The minimum atomic E-state index is -0.229. The molecular weight excluding hydrogens is 350 g/mol. The molecule has 4 aromatic rings. The van der Waals surface area contributed by atoms with E-state index in [1.165, 1.54) is 10.8 Å². The lowest BCUT2D eigenvalue weighted by Gasteiger charge is -2.16. The molecule has 28 heavy (non-hydrogen) atoms. The van der Waals surface area contributed by atoms with Gasteiger partial charge in [-0.2, -0.15) is 0 Å². The molecule has 0 radical (unpaired) electrons. The Bertz CT molecular complexity index is 1090. The van der Waals surface area contributed by atoms with Gasteiger partial charge in [-0.05, 0) is 40.5 Å². The van der Waals surface area contributed by atoms with Crippen molar-refractivity contribution in [3.05, 3.63) is 90.0 Å². The summed E-state index contributed by atoms with van der Waals surface area (Å²) in [5, 5.41) is 13.6. The molecule has 140 valence electrons. The van der Waals surface area contributed by atoms with Crippen LogP contribution in [0.1, 0.15) is 41.0 Å². The molecule has 0 unspecified atom stereocenters. The second-order valence-electron chi connectivity index (χ2n) is 6.65. The van der Waals surface area contributed by atoms with Gasteiger partial charge in [0.05, 0.1) is 18.8 Å². The monoisotopic (exact) mass is 371 g/mol. The second-order valence-corrected chi connectivity index (χ2v) is 6.65. The third-order valence-corrected chi connectivity index (χ3v) is 4.81. The van der Waals surface area contributed by atoms with E-state index in [4.69, 9.17) is 0 Å². The lowest BCUT2D eigenvalue weighted by Crippen LogP contribution is -2.28. The van der Waals surface area contributed by atoms with Gasteiger partial charge >= 0.3 is 0 Å². The summed E-state index contributed by atoms with van der Waals surface area (Å²) in [6.45, 7) is 2.59. The van der Waals surface area contributed by atoms with Crippen LogP contribution in [0.5, 0.6) is 0 Å². The summed E-state index contributed by atoms with van der Waals surface area (Å²) in [7, 11) is 0. The number of rotatable bonds is 6. The molecule has 0 aliphatic heterocycles. The molecule has 0 saturated carbocycles. The first kappa shape index (κ1) is 17.9. The molecule has 0 aliphatic rings. The first-order chi connectivity index (χ1) is 13.7. The number of nitrogens with zero attached hydrogens (tertiary/aromatic N) is 4. The van der Waals surface area contributed by atoms with Crippen LogP contribution < -0.4 is 5.32 Å². The Hall–Kier alpha value is -3.54. The second kappa shape index (κ2) is 8.00. The van der Waals surface area contributed by atoms with Gasteiger partial charge in [-0.3, -0.25) is 9.78 Å². The van der Waals surface area contributed by atoms with Crippen LogP contribution in [-0.4, -0.2) is 25.9 Å². The van der Waals surface area contributed by atoms with Crippen molar-refractivity contribution in [2.45, 2.75) is 25.9 Å². The number of hydrogen-bond acceptors (Lipinski definition) is 4. The summed E-state index contributed by atoms with van der Waals surface area (Å²) in [5.41, 5.74) is 2.47. The molecule has 6 heteroatoms. The lowest BCUT2D eigenvalue weighted by molar-refractivity contribution is 0.0930. The molecule has 1 N–H and O–H groups in total. The highest BCUT2D eigenvalue weighted by Crippen LogP contribution is 2.19. The number of hydrogen-bond donors (Lipinski definition) is 1. The topological polar surface area (TPSA) is 72.7 Å². The Morgan fingerprint density at radius 1 is 1.07 bits per heavy atom. The zero-order chi connectivity index (χ0) is 19.3. The zero-order valence-electron chi connectivity index (χ0n) is 15.6. The van der Waals surface area contributed by atoms with E-state index in [9.17, 15) is 4.79 Å². The van der Waals surface area contributed by atoms with E-state index in [-0.39, 0.29) is 11.9 Å². The highest BCUT2D eigenvalue weighted by Gasteiger charge is 2.17. The minimum Gasteiger partial charge on any atom is -0.344 e. The van der Waals surface area contributed by atoms with Gasteiger partial charge < -0.3 is 5.32 Å². The molecule has 2 heterocycles. The number of fused-ring (bicyclic) bond motifs is 1. The van der Waals surface area contributed by atoms with Crippen molar-refractivity contribution in [3.63, 3.8) is 0 Å². The number of pyridine rings is 1. The Morgan fingerprint density at radius 2 is 1.86 bits per heavy atom. The number of aromatic nitrogens is 4. The third-order valence-electron chi connectivity index (χ3n) is 4.81. The van der Waals surface area contributed by atoms with Gasteiger partial charge in [-0.15, -0.1) is 5.10 Å². The largest absolute Gasteiger partial charge is 0.344 e. The van der Waals surface area contributed by atoms with Crippen LogP contribution in [0.15, 0.2) is 73.2 Å². The van der Waals surface area contributed by atoms with Crippen LogP contribution in [0.2, 0.25) is 0 Å². The van der Waals surface area contributed by atoms with E-state index in [1.54, 1.807) is 23.3 Å².